The van der Waals surface area contributed by atoms with Crippen LogP contribution in [0.5, 0.6) is 0 Å². The molecule has 0 saturated carbocycles. The lowest BCUT2D eigenvalue weighted by molar-refractivity contribution is 0.280. The summed E-state index contributed by atoms with van der Waals surface area (Å²) >= 11 is 0. The Morgan fingerprint density at radius 1 is 0.641 bits per heavy atom. The van der Waals surface area contributed by atoms with Crippen LogP contribution in [0.25, 0.3) is 0 Å². The Kier molecular flexibility index (Phi) is 12.8. The van der Waals surface area contributed by atoms with Crippen molar-refractivity contribution in [2.75, 3.05) is 110 Å². The molecule has 0 aliphatic carbocycles. The lowest BCUT2D eigenvalue weighted by Crippen LogP contribution is -2.47. The number of hydrogen-bond acceptors (Lipinski definition) is 12. The molecule has 10 N–H and O–H groups in total. The smallest absolute Gasteiger partial charge is 0.394 e. The number of nitrogens with zero attached hydrogens (tertiary/aromatic N) is 4. The maximum atomic E-state index is 9.28. The van der Waals surface area contributed by atoms with E-state index in [1.807, 2.05) is 46.2 Å². The predicted molar refractivity (Wildman–Crippen MR) is 153 cm³/mol. The van der Waals surface area contributed by atoms with E-state index in [9.17, 15) is 20.4 Å². The van der Waals surface area contributed by atoms with E-state index in [0.29, 0.717) is 37.6 Å². The highest BCUT2D eigenvalue weighted by molar-refractivity contribution is 7.79. The third-order valence-corrected chi connectivity index (χ3v) is 6.19. The Hall–Kier alpha value is -3.05. The summed E-state index contributed by atoms with van der Waals surface area (Å²) in [4.78, 5) is 8.33. The van der Waals surface area contributed by atoms with Gasteiger partial charge in [-0.05, 0) is 36.4 Å². The fraction of sp³-hybridized carbons (Fsp3) is 0.500. The first-order chi connectivity index (χ1) is 18.5. The number of benzene rings is 2. The SMILES string of the molecule is Nc1cc(N(CCO)CCO)ccc1N1CCN(c2ccc(N(CCO)CCO)cc2N)CC1.O=S(=O)(O)O. The van der Waals surface area contributed by atoms with Crippen LogP contribution in [-0.4, -0.2) is 117 Å². The standard InChI is InChI=1S/C24H38N6O4.H2O4S/c25-21-17-19(27(9-13-31)10-14-32)1-3-23(21)29-5-7-30(8-6-29)24-4-2-20(18-22(24)26)28(11-15-33)12-16-34;1-5(2,3)4/h1-4,17-18,31-34H,5-16,25-26H2;(H2,1,2,3,4). The van der Waals surface area contributed by atoms with Gasteiger partial charge in [0, 0.05) is 63.7 Å². The van der Waals surface area contributed by atoms with E-state index in [1.165, 1.54) is 0 Å². The molecule has 1 fully saturated rings. The summed E-state index contributed by atoms with van der Waals surface area (Å²) in [6, 6.07) is 11.8. The van der Waals surface area contributed by atoms with Gasteiger partial charge >= 0.3 is 10.4 Å². The number of piperazine rings is 1. The van der Waals surface area contributed by atoms with E-state index < -0.39 is 10.4 Å². The zero-order chi connectivity index (χ0) is 29.0. The van der Waals surface area contributed by atoms with Gasteiger partial charge in [0.05, 0.1) is 49.2 Å². The number of anilines is 6. The average molecular weight is 573 g/mol. The second kappa shape index (κ2) is 15.5. The molecule has 0 aromatic heterocycles. The van der Waals surface area contributed by atoms with E-state index in [-0.39, 0.29) is 26.4 Å². The van der Waals surface area contributed by atoms with Gasteiger partial charge in [-0.2, -0.15) is 8.42 Å². The quantitative estimate of drug-likeness (QED) is 0.114. The van der Waals surface area contributed by atoms with E-state index in [0.717, 1.165) is 48.9 Å². The molecule has 0 atom stereocenters. The van der Waals surface area contributed by atoms with Crippen molar-refractivity contribution in [2.24, 2.45) is 0 Å². The van der Waals surface area contributed by atoms with Gasteiger partial charge in [-0.1, -0.05) is 0 Å². The van der Waals surface area contributed by atoms with Crippen molar-refractivity contribution in [1.29, 1.82) is 0 Å². The molecule has 1 aliphatic rings. The molecular formula is C24H40N6O8S. The Bertz CT molecular complexity index is 1040. The monoisotopic (exact) mass is 572 g/mol. The molecule has 220 valence electrons. The summed E-state index contributed by atoms with van der Waals surface area (Å²) in [6.45, 7) is 4.97. The van der Waals surface area contributed by atoms with Gasteiger partial charge < -0.3 is 51.5 Å². The molecule has 0 amide bonds. The topological polar surface area (TPSA) is 221 Å². The molecule has 2 aromatic carbocycles. The lowest BCUT2D eigenvalue weighted by Gasteiger charge is -2.38. The van der Waals surface area contributed by atoms with Gasteiger partial charge in [0.25, 0.3) is 0 Å². The Labute approximate surface area is 228 Å². The molecule has 2 aromatic rings. The number of nitrogens with two attached hydrogens (primary N) is 2. The van der Waals surface area contributed by atoms with Crippen molar-refractivity contribution in [1.82, 2.24) is 0 Å². The normalized spacial score (nSPS) is 13.6. The van der Waals surface area contributed by atoms with Crippen molar-refractivity contribution < 1.29 is 37.9 Å². The van der Waals surface area contributed by atoms with Gasteiger partial charge in [-0.25, -0.2) is 0 Å². The second-order valence-corrected chi connectivity index (χ2v) is 9.67. The molecule has 1 aliphatic heterocycles. The summed E-state index contributed by atoms with van der Waals surface area (Å²) in [5.41, 5.74) is 17.8. The first kappa shape index (κ1) is 32.2. The van der Waals surface area contributed by atoms with Crippen LogP contribution in [0, 0.1) is 0 Å². The number of aliphatic hydroxyl groups excluding tert-OH is 4. The molecular weight excluding hydrogens is 532 g/mol. The highest BCUT2D eigenvalue weighted by Crippen LogP contribution is 2.32. The van der Waals surface area contributed by atoms with Gasteiger partial charge in [0.1, 0.15) is 0 Å². The van der Waals surface area contributed by atoms with Crippen LogP contribution < -0.4 is 31.1 Å². The van der Waals surface area contributed by atoms with Crippen molar-refractivity contribution in [3.63, 3.8) is 0 Å². The van der Waals surface area contributed by atoms with Gasteiger partial charge in [-0.3, -0.25) is 9.11 Å². The van der Waals surface area contributed by atoms with E-state index >= 15 is 0 Å². The predicted octanol–water partition coefficient (Wildman–Crippen LogP) is -0.893. The van der Waals surface area contributed by atoms with E-state index in [1.54, 1.807) is 0 Å². The van der Waals surface area contributed by atoms with Gasteiger partial charge in [0.2, 0.25) is 0 Å². The summed E-state index contributed by atoms with van der Waals surface area (Å²) in [5.74, 6) is 0. The van der Waals surface area contributed by atoms with Crippen LogP contribution in [0.15, 0.2) is 36.4 Å². The van der Waals surface area contributed by atoms with E-state index in [2.05, 4.69) is 9.80 Å². The van der Waals surface area contributed by atoms with Crippen molar-refractivity contribution in [3.8, 4) is 0 Å². The number of hydrogen-bond donors (Lipinski definition) is 8. The zero-order valence-corrected chi connectivity index (χ0v) is 22.6. The molecule has 0 bridgehead atoms. The molecule has 0 spiro atoms. The minimum absolute atomic E-state index is 0.00856. The third-order valence-electron chi connectivity index (χ3n) is 6.19. The van der Waals surface area contributed by atoms with Crippen molar-refractivity contribution in [3.05, 3.63) is 36.4 Å². The Balaban J connectivity index is 0.000000976. The maximum absolute atomic E-state index is 9.28. The number of rotatable bonds is 12. The number of aliphatic hydroxyl groups is 4. The van der Waals surface area contributed by atoms with Crippen LogP contribution in [0.3, 0.4) is 0 Å². The van der Waals surface area contributed by atoms with Crippen molar-refractivity contribution >= 4 is 44.5 Å². The van der Waals surface area contributed by atoms with Crippen LogP contribution in [0.4, 0.5) is 34.1 Å². The summed E-state index contributed by atoms with van der Waals surface area (Å²) < 4.78 is 31.6. The first-order valence-corrected chi connectivity index (χ1v) is 13.8. The Morgan fingerprint density at radius 3 is 1.15 bits per heavy atom. The fourth-order valence-electron chi connectivity index (χ4n) is 4.46. The highest BCUT2D eigenvalue weighted by atomic mass is 32.3. The summed E-state index contributed by atoms with van der Waals surface area (Å²) in [6.07, 6.45) is 0. The van der Waals surface area contributed by atoms with Gasteiger partial charge in [0.15, 0.2) is 0 Å². The molecule has 15 heteroatoms. The fourth-order valence-corrected chi connectivity index (χ4v) is 4.46. The molecule has 3 rings (SSSR count). The molecule has 0 unspecified atom stereocenters. The van der Waals surface area contributed by atoms with Crippen LogP contribution in [-0.2, 0) is 10.4 Å². The first-order valence-electron chi connectivity index (χ1n) is 12.4. The number of nitrogen functional groups attached to an aromatic ring is 2. The second-order valence-electron chi connectivity index (χ2n) is 8.78. The van der Waals surface area contributed by atoms with Crippen LogP contribution >= 0.6 is 0 Å². The Morgan fingerprint density at radius 2 is 0.923 bits per heavy atom. The highest BCUT2D eigenvalue weighted by Gasteiger charge is 2.21. The van der Waals surface area contributed by atoms with Crippen molar-refractivity contribution in [2.45, 2.75) is 0 Å². The molecule has 1 saturated heterocycles. The van der Waals surface area contributed by atoms with Crippen LogP contribution in [0.2, 0.25) is 0 Å². The zero-order valence-electron chi connectivity index (χ0n) is 21.8. The molecule has 1 heterocycles. The average Bonchev–Trinajstić information content (AvgIpc) is 2.87. The summed E-state index contributed by atoms with van der Waals surface area (Å²) in [7, 11) is -4.67. The largest absolute Gasteiger partial charge is 0.397 e. The molecule has 0 radical (unpaired) electrons. The van der Waals surface area contributed by atoms with E-state index in [4.69, 9.17) is 29.0 Å². The molecule has 14 nitrogen and oxygen atoms in total. The minimum atomic E-state index is -4.67. The third kappa shape index (κ3) is 10.2. The lowest BCUT2D eigenvalue weighted by atomic mass is 10.1. The molecule has 39 heavy (non-hydrogen) atoms. The minimum Gasteiger partial charge on any atom is -0.397 e. The maximum Gasteiger partial charge on any atom is 0.394 e. The van der Waals surface area contributed by atoms with Crippen LogP contribution in [0.1, 0.15) is 0 Å². The van der Waals surface area contributed by atoms with Gasteiger partial charge in [-0.15, -0.1) is 0 Å². The summed E-state index contributed by atoms with van der Waals surface area (Å²) in [5, 5.41) is 37.1.